The first-order chi connectivity index (χ1) is 19.4. The van der Waals surface area contributed by atoms with Gasteiger partial charge in [-0.25, -0.2) is 9.78 Å². The van der Waals surface area contributed by atoms with Gasteiger partial charge in [-0.05, 0) is 56.4 Å². The lowest BCUT2D eigenvalue weighted by Crippen LogP contribution is -2.40. The minimum atomic E-state index is -0.325. The Morgan fingerprint density at radius 3 is 2.95 bits per heavy atom. The zero-order valence-electron chi connectivity index (χ0n) is 21.8. The van der Waals surface area contributed by atoms with E-state index in [1.807, 2.05) is 24.4 Å². The van der Waals surface area contributed by atoms with E-state index in [0.29, 0.717) is 47.7 Å². The molecule has 1 unspecified atom stereocenters. The van der Waals surface area contributed by atoms with Crippen LogP contribution in [0.15, 0.2) is 51.9 Å². The monoisotopic (exact) mass is 561 g/mol. The van der Waals surface area contributed by atoms with Crippen molar-refractivity contribution < 1.29 is 14.1 Å². The van der Waals surface area contributed by atoms with Crippen LogP contribution < -0.4 is 21.3 Å². The van der Waals surface area contributed by atoms with Crippen LogP contribution >= 0.6 is 11.6 Å². The number of nitrogens with one attached hydrogen (secondary N) is 4. The summed E-state index contributed by atoms with van der Waals surface area (Å²) in [5, 5.41) is 16.7. The Morgan fingerprint density at radius 2 is 2.10 bits per heavy atom. The van der Waals surface area contributed by atoms with E-state index < -0.39 is 0 Å². The van der Waals surface area contributed by atoms with Gasteiger partial charge in [-0.2, -0.15) is 4.98 Å². The second kappa shape index (κ2) is 11.0. The molecule has 0 saturated carbocycles. The van der Waals surface area contributed by atoms with Crippen molar-refractivity contribution in [1.82, 2.24) is 25.3 Å². The number of nitrogens with zero attached hydrogens (tertiary/aromatic N) is 5. The first-order valence-electron chi connectivity index (χ1n) is 13.1. The average molecular weight is 562 g/mol. The van der Waals surface area contributed by atoms with Crippen molar-refractivity contribution in [3.63, 3.8) is 0 Å². The van der Waals surface area contributed by atoms with Crippen LogP contribution in [0.1, 0.15) is 41.1 Å². The molecule has 4 N–H and O–H groups in total. The zero-order chi connectivity index (χ0) is 27.6. The number of fused-ring (bicyclic) bond motifs is 6. The number of likely N-dealkylation sites (tertiary alicyclic amines) is 1. The number of carbonyl (C=O) groups is 2. The lowest BCUT2D eigenvalue weighted by Gasteiger charge is -2.19. The second-order valence-corrected chi connectivity index (χ2v) is 10.5. The maximum absolute atomic E-state index is 13.0. The van der Waals surface area contributed by atoms with E-state index in [9.17, 15) is 9.59 Å². The molecule has 2 aromatic heterocycles. The van der Waals surface area contributed by atoms with E-state index in [2.05, 4.69) is 41.4 Å². The van der Waals surface area contributed by atoms with E-state index in [1.54, 1.807) is 30.3 Å². The van der Waals surface area contributed by atoms with Gasteiger partial charge >= 0.3 is 6.03 Å². The summed E-state index contributed by atoms with van der Waals surface area (Å²) in [7, 11) is 0. The summed E-state index contributed by atoms with van der Waals surface area (Å²) in [6.07, 6.45) is 8.26. The number of urea groups is 1. The van der Waals surface area contributed by atoms with Crippen molar-refractivity contribution in [2.75, 3.05) is 29.0 Å². The molecular formula is C27H28ClN9O3. The molecule has 1 saturated heterocycles. The molecule has 1 aromatic carbocycles. The maximum Gasteiger partial charge on any atom is 0.319 e. The maximum atomic E-state index is 13.0. The molecule has 3 aromatic rings. The summed E-state index contributed by atoms with van der Waals surface area (Å²) in [5.74, 6) is 1.50. The fourth-order valence-corrected chi connectivity index (χ4v) is 5.21. The Labute approximate surface area is 235 Å². The number of rotatable bonds is 3. The van der Waals surface area contributed by atoms with Crippen LogP contribution in [-0.2, 0) is 6.42 Å². The Morgan fingerprint density at radius 1 is 1.20 bits per heavy atom. The lowest BCUT2D eigenvalue weighted by atomic mass is 9.94. The number of carbonyl (C=O) groups excluding carboxylic acids is 2. The van der Waals surface area contributed by atoms with Crippen molar-refractivity contribution in [3.8, 4) is 0 Å². The molecule has 0 radical (unpaired) electrons. The summed E-state index contributed by atoms with van der Waals surface area (Å²) in [4.78, 5) is 40.6. The van der Waals surface area contributed by atoms with Crippen LogP contribution in [0.5, 0.6) is 0 Å². The van der Waals surface area contributed by atoms with Crippen LogP contribution in [0.4, 0.5) is 27.9 Å². The van der Waals surface area contributed by atoms with Crippen LogP contribution in [0.2, 0.25) is 5.02 Å². The highest BCUT2D eigenvalue weighted by atomic mass is 35.5. The number of hydrogen-bond donors (Lipinski definition) is 4. The Kier molecular flexibility index (Phi) is 7.08. The van der Waals surface area contributed by atoms with Crippen molar-refractivity contribution in [2.24, 2.45) is 10.9 Å². The van der Waals surface area contributed by atoms with Gasteiger partial charge in [0.15, 0.2) is 11.5 Å². The van der Waals surface area contributed by atoms with E-state index in [0.717, 1.165) is 36.2 Å². The molecule has 0 spiro atoms. The predicted molar refractivity (Wildman–Crippen MR) is 151 cm³/mol. The van der Waals surface area contributed by atoms with E-state index >= 15 is 0 Å². The topological polar surface area (TPSA) is 150 Å². The summed E-state index contributed by atoms with van der Waals surface area (Å²) < 4.78 is 5.02. The number of halogens is 1. The van der Waals surface area contributed by atoms with Crippen molar-refractivity contribution in [1.29, 1.82) is 0 Å². The number of aryl methyl sites for hydroxylation is 2. The van der Waals surface area contributed by atoms with Crippen LogP contribution in [0.25, 0.3) is 0 Å². The molecule has 206 valence electrons. The SMILES string of the molecule is Cc1cc(C(=O)N2CC[C@H](NC(=O)Nc3ccc4cc3CCC3C=NC=C(C3)Nc3ncc(Cl)c(n3)N4)C2)no1. The fourth-order valence-electron chi connectivity index (χ4n) is 5.07. The lowest BCUT2D eigenvalue weighted by molar-refractivity contribution is 0.0779. The number of allylic oxidation sites excluding steroid dienone is 1. The summed E-state index contributed by atoms with van der Waals surface area (Å²) in [6.45, 7) is 2.67. The minimum absolute atomic E-state index is 0.173. The Bertz CT molecular complexity index is 1520. The first kappa shape index (κ1) is 25.8. The number of aliphatic imine (C=N–C) groups is 1. The first-order valence-corrected chi connectivity index (χ1v) is 13.5. The smallest absolute Gasteiger partial charge is 0.319 e. The number of anilines is 4. The third kappa shape index (κ3) is 5.76. The highest BCUT2D eigenvalue weighted by Gasteiger charge is 2.29. The molecule has 3 amide bonds. The van der Waals surface area contributed by atoms with Crippen molar-refractivity contribution >= 4 is 52.9 Å². The number of amides is 3. The van der Waals surface area contributed by atoms with E-state index in [1.165, 1.54) is 0 Å². The predicted octanol–water partition coefficient (Wildman–Crippen LogP) is 4.50. The van der Waals surface area contributed by atoms with Crippen LogP contribution in [-0.4, -0.2) is 57.3 Å². The Balaban J connectivity index is 1.16. The van der Waals surface area contributed by atoms with Crippen molar-refractivity contribution in [2.45, 2.75) is 38.6 Å². The van der Waals surface area contributed by atoms with Crippen molar-refractivity contribution in [3.05, 3.63) is 64.4 Å². The molecule has 5 heterocycles. The van der Waals surface area contributed by atoms with Gasteiger partial charge in [0.25, 0.3) is 5.91 Å². The third-order valence-corrected chi connectivity index (χ3v) is 7.36. The van der Waals surface area contributed by atoms with Gasteiger partial charge in [-0.1, -0.05) is 16.8 Å². The molecule has 3 aliphatic rings. The molecule has 0 aliphatic carbocycles. The summed E-state index contributed by atoms with van der Waals surface area (Å²) in [5.41, 5.74) is 3.66. The molecular weight excluding hydrogens is 534 g/mol. The van der Waals surface area contributed by atoms with Gasteiger partial charge in [0.1, 0.15) is 10.8 Å². The molecule has 2 atom stereocenters. The van der Waals surface area contributed by atoms with Gasteiger partial charge in [0, 0.05) is 60.6 Å². The van der Waals surface area contributed by atoms with Crippen LogP contribution in [0, 0.1) is 12.8 Å². The molecule has 40 heavy (non-hydrogen) atoms. The third-order valence-electron chi connectivity index (χ3n) is 7.08. The molecule has 3 aliphatic heterocycles. The quantitative estimate of drug-likeness (QED) is 0.365. The molecule has 12 nitrogen and oxygen atoms in total. The minimum Gasteiger partial charge on any atom is -0.361 e. The largest absolute Gasteiger partial charge is 0.361 e. The van der Waals surface area contributed by atoms with Crippen LogP contribution in [0.3, 0.4) is 0 Å². The highest BCUT2D eigenvalue weighted by molar-refractivity contribution is 6.32. The average Bonchev–Trinajstić information content (AvgIpc) is 3.59. The van der Waals surface area contributed by atoms with Gasteiger partial charge < -0.3 is 30.7 Å². The zero-order valence-corrected chi connectivity index (χ0v) is 22.5. The highest BCUT2D eigenvalue weighted by Crippen LogP contribution is 2.30. The molecule has 6 rings (SSSR count). The van der Waals surface area contributed by atoms with Gasteiger partial charge in [0.2, 0.25) is 5.95 Å². The summed E-state index contributed by atoms with van der Waals surface area (Å²) in [6, 6.07) is 6.84. The van der Waals surface area contributed by atoms with Gasteiger partial charge in [-0.15, -0.1) is 0 Å². The standard InChI is InChI=1S/C27H28ClN9O3/c1-15-8-23(36-40-15)25(38)37-7-6-19(14-37)33-27(39)34-22-5-4-18-10-17(22)3-2-16-9-20(12-29-11-16)32-26-30-13-21(28)24(31-18)35-26/h4-5,8,10-13,16,19H,2-3,6-7,9,14H2,1H3,(H2,33,34,39)(H2,30,31,32,35)/t16?,19-/m0/s1. The number of hydrogen-bond acceptors (Lipinski definition) is 9. The van der Waals surface area contributed by atoms with Gasteiger partial charge in [-0.3, -0.25) is 9.79 Å². The molecule has 6 bridgehead atoms. The van der Waals surface area contributed by atoms with E-state index in [4.69, 9.17) is 16.1 Å². The summed E-state index contributed by atoms with van der Waals surface area (Å²) >= 11 is 6.37. The van der Waals surface area contributed by atoms with E-state index in [-0.39, 0.29) is 29.6 Å². The number of benzene rings is 1. The second-order valence-electron chi connectivity index (χ2n) is 10.1. The normalized spacial score (nSPS) is 19.8. The fraction of sp³-hybridized carbons (Fsp3) is 0.333. The van der Waals surface area contributed by atoms with Gasteiger partial charge in [0.05, 0.1) is 6.20 Å². The number of aromatic nitrogens is 3. The molecule has 13 heteroatoms. The molecule has 1 fully saturated rings. The Hall–Kier alpha value is -4.45.